The second-order valence-electron chi connectivity index (χ2n) is 5.47. The molecule has 4 nitrogen and oxygen atoms in total. The molecule has 0 aliphatic carbocycles. The summed E-state index contributed by atoms with van der Waals surface area (Å²) in [6, 6.07) is -0.525. The van der Waals surface area contributed by atoms with Gasteiger partial charge in [0.1, 0.15) is 6.04 Å². The van der Waals surface area contributed by atoms with Crippen LogP contribution in [0.4, 0.5) is 0 Å². The van der Waals surface area contributed by atoms with E-state index < -0.39 is 6.04 Å². The largest absolute Gasteiger partial charge is 0.344 e. The molecule has 0 bridgehead atoms. The number of hydrogen-bond acceptors (Lipinski definition) is 3. The van der Waals surface area contributed by atoms with E-state index >= 15 is 0 Å². The smallest absolute Gasteiger partial charge is 0.246 e. The van der Waals surface area contributed by atoms with Gasteiger partial charge in [-0.05, 0) is 11.8 Å². The van der Waals surface area contributed by atoms with Crippen molar-refractivity contribution in [3.8, 4) is 0 Å². The van der Waals surface area contributed by atoms with E-state index in [9.17, 15) is 9.59 Å². The summed E-state index contributed by atoms with van der Waals surface area (Å²) in [5.41, 5.74) is 0. The third-order valence-corrected chi connectivity index (χ3v) is 2.71. The van der Waals surface area contributed by atoms with Crippen LogP contribution >= 0.6 is 12.6 Å². The van der Waals surface area contributed by atoms with E-state index in [1.54, 1.807) is 0 Å². The van der Waals surface area contributed by atoms with Crippen LogP contribution in [-0.4, -0.2) is 41.6 Å². The quantitative estimate of drug-likeness (QED) is 0.692. The van der Waals surface area contributed by atoms with E-state index in [1.807, 2.05) is 4.90 Å². The summed E-state index contributed by atoms with van der Waals surface area (Å²) in [6.07, 6.45) is 0. The summed E-state index contributed by atoms with van der Waals surface area (Å²) < 4.78 is 0. The second kappa shape index (κ2) is 8.40. The number of rotatable bonds is 7. The van der Waals surface area contributed by atoms with Crippen LogP contribution in [0, 0.1) is 11.8 Å². The maximum absolute atomic E-state index is 12.3. The van der Waals surface area contributed by atoms with Gasteiger partial charge in [0, 0.05) is 25.8 Å². The summed E-state index contributed by atoms with van der Waals surface area (Å²) in [7, 11) is 0. The molecule has 0 rings (SSSR count). The standard InChI is InChI=1S/C13H26N2O2S/c1-9(2)6-15(7-10(3)4)13(17)12(8-18)14-11(5)16/h9-10,12,18H,6-8H2,1-5H3,(H,14,16). The molecule has 0 aromatic carbocycles. The molecule has 0 fully saturated rings. The molecular weight excluding hydrogens is 248 g/mol. The molecule has 0 aliphatic heterocycles. The molecule has 0 aliphatic rings. The zero-order valence-electron chi connectivity index (χ0n) is 12.1. The van der Waals surface area contributed by atoms with Crippen LogP contribution in [0.1, 0.15) is 34.6 Å². The molecule has 0 aromatic rings. The molecule has 0 saturated carbocycles. The van der Waals surface area contributed by atoms with Crippen LogP contribution in [0.15, 0.2) is 0 Å². The van der Waals surface area contributed by atoms with E-state index in [-0.39, 0.29) is 11.8 Å². The first-order valence-electron chi connectivity index (χ1n) is 6.44. The minimum absolute atomic E-state index is 0.0393. The van der Waals surface area contributed by atoms with Crippen molar-refractivity contribution in [1.82, 2.24) is 10.2 Å². The fourth-order valence-electron chi connectivity index (χ4n) is 1.79. The SMILES string of the molecule is CC(=O)NC(CS)C(=O)N(CC(C)C)CC(C)C. The maximum atomic E-state index is 12.3. The summed E-state index contributed by atoms with van der Waals surface area (Å²) in [5, 5.41) is 2.65. The van der Waals surface area contributed by atoms with Crippen LogP contribution in [-0.2, 0) is 9.59 Å². The van der Waals surface area contributed by atoms with Gasteiger partial charge in [-0.1, -0.05) is 27.7 Å². The second-order valence-corrected chi connectivity index (χ2v) is 5.83. The number of hydrogen-bond donors (Lipinski definition) is 2. The van der Waals surface area contributed by atoms with Gasteiger partial charge in [-0.25, -0.2) is 0 Å². The highest BCUT2D eigenvalue weighted by molar-refractivity contribution is 7.80. The molecule has 106 valence electrons. The molecule has 5 heteroatoms. The van der Waals surface area contributed by atoms with E-state index in [1.165, 1.54) is 6.92 Å². The summed E-state index contributed by atoms with van der Waals surface area (Å²) in [4.78, 5) is 25.2. The zero-order chi connectivity index (χ0) is 14.3. The van der Waals surface area contributed by atoms with Crippen LogP contribution < -0.4 is 5.32 Å². The topological polar surface area (TPSA) is 49.4 Å². The Hall–Kier alpha value is -0.710. The lowest BCUT2D eigenvalue weighted by atomic mass is 10.1. The fraction of sp³-hybridized carbons (Fsp3) is 0.846. The first-order chi connectivity index (χ1) is 8.27. The molecule has 0 heterocycles. The maximum Gasteiger partial charge on any atom is 0.246 e. The van der Waals surface area contributed by atoms with Crippen molar-refractivity contribution in [2.24, 2.45) is 11.8 Å². The number of thiol groups is 1. The molecule has 2 amide bonds. The molecule has 0 radical (unpaired) electrons. The lowest BCUT2D eigenvalue weighted by molar-refractivity contribution is -0.136. The minimum Gasteiger partial charge on any atom is -0.344 e. The van der Waals surface area contributed by atoms with Gasteiger partial charge in [0.05, 0.1) is 0 Å². The Morgan fingerprint density at radius 1 is 1.11 bits per heavy atom. The summed E-state index contributed by atoms with van der Waals surface area (Å²) in [5.74, 6) is 0.903. The number of nitrogens with zero attached hydrogens (tertiary/aromatic N) is 1. The van der Waals surface area contributed by atoms with Gasteiger partial charge in [0.25, 0.3) is 0 Å². The fourth-order valence-corrected chi connectivity index (χ4v) is 2.03. The number of nitrogens with one attached hydrogen (secondary N) is 1. The number of carbonyl (C=O) groups is 2. The molecule has 0 saturated heterocycles. The first kappa shape index (κ1) is 17.3. The predicted molar refractivity (Wildman–Crippen MR) is 77.7 cm³/mol. The van der Waals surface area contributed by atoms with Crippen LogP contribution in [0.5, 0.6) is 0 Å². The Morgan fingerprint density at radius 2 is 1.56 bits per heavy atom. The van der Waals surface area contributed by atoms with Crippen molar-refractivity contribution in [1.29, 1.82) is 0 Å². The Balaban J connectivity index is 4.73. The van der Waals surface area contributed by atoms with Crippen LogP contribution in [0.2, 0.25) is 0 Å². The highest BCUT2D eigenvalue weighted by Gasteiger charge is 2.24. The highest BCUT2D eigenvalue weighted by Crippen LogP contribution is 2.07. The molecule has 0 spiro atoms. The Bertz CT molecular complexity index is 270. The first-order valence-corrected chi connectivity index (χ1v) is 7.07. The van der Waals surface area contributed by atoms with Crippen molar-refractivity contribution in [2.75, 3.05) is 18.8 Å². The average Bonchev–Trinajstić information content (AvgIpc) is 2.22. The molecule has 0 aromatic heterocycles. The van der Waals surface area contributed by atoms with E-state index in [0.29, 0.717) is 30.7 Å². The Labute approximate surface area is 116 Å². The van der Waals surface area contributed by atoms with Crippen LogP contribution in [0.25, 0.3) is 0 Å². The summed E-state index contributed by atoms with van der Waals surface area (Å²) in [6.45, 7) is 11.1. The Morgan fingerprint density at radius 3 is 1.83 bits per heavy atom. The van der Waals surface area contributed by atoms with E-state index in [2.05, 4.69) is 45.6 Å². The van der Waals surface area contributed by atoms with Gasteiger partial charge in [0.15, 0.2) is 0 Å². The lowest BCUT2D eigenvalue weighted by Gasteiger charge is -2.29. The number of carbonyl (C=O) groups excluding carboxylic acids is 2. The monoisotopic (exact) mass is 274 g/mol. The number of amides is 2. The normalized spacial score (nSPS) is 12.7. The Kier molecular flexibility index (Phi) is 8.07. The third kappa shape index (κ3) is 6.89. The summed E-state index contributed by atoms with van der Waals surface area (Å²) >= 11 is 4.14. The van der Waals surface area contributed by atoms with Crippen LogP contribution in [0.3, 0.4) is 0 Å². The zero-order valence-corrected chi connectivity index (χ0v) is 13.0. The van der Waals surface area contributed by atoms with Gasteiger partial charge < -0.3 is 10.2 Å². The lowest BCUT2D eigenvalue weighted by Crippen LogP contribution is -2.50. The van der Waals surface area contributed by atoms with Gasteiger partial charge >= 0.3 is 0 Å². The van der Waals surface area contributed by atoms with Crippen molar-refractivity contribution in [3.05, 3.63) is 0 Å². The predicted octanol–water partition coefficient (Wildman–Crippen LogP) is 1.56. The van der Waals surface area contributed by atoms with E-state index in [0.717, 1.165) is 0 Å². The van der Waals surface area contributed by atoms with E-state index in [4.69, 9.17) is 0 Å². The van der Waals surface area contributed by atoms with Crippen molar-refractivity contribution in [2.45, 2.75) is 40.7 Å². The highest BCUT2D eigenvalue weighted by atomic mass is 32.1. The average molecular weight is 274 g/mol. The van der Waals surface area contributed by atoms with Crippen molar-refractivity contribution >= 4 is 24.4 Å². The van der Waals surface area contributed by atoms with Gasteiger partial charge in [-0.3, -0.25) is 9.59 Å². The van der Waals surface area contributed by atoms with Crippen molar-refractivity contribution < 1.29 is 9.59 Å². The van der Waals surface area contributed by atoms with Crippen molar-refractivity contribution in [3.63, 3.8) is 0 Å². The minimum atomic E-state index is -0.525. The third-order valence-electron chi connectivity index (χ3n) is 2.34. The van der Waals surface area contributed by atoms with Gasteiger partial charge in [0.2, 0.25) is 11.8 Å². The van der Waals surface area contributed by atoms with Gasteiger partial charge in [-0.15, -0.1) is 0 Å². The molecule has 1 atom stereocenters. The molecule has 1 unspecified atom stereocenters. The molecular formula is C13H26N2O2S. The molecule has 1 N–H and O–H groups in total. The molecule has 18 heavy (non-hydrogen) atoms. The van der Waals surface area contributed by atoms with Gasteiger partial charge in [-0.2, -0.15) is 12.6 Å².